The number of benzene rings is 1. The molecule has 0 N–H and O–H groups in total. The highest BCUT2D eigenvalue weighted by atomic mass is 79.9. The van der Waals surface area contributed by atoms with Crippen LogP contribution in [0.4, 0.5) is 0 Å². The Labute approximate surface area is 124 Å². The van der Waals surface area contributed by atoms with Gasteiger partial charge in [0.25, 0.3) is 0 Å². The van der Waals surface area contributed by atoms with Gasteiger partial charge in [-0.3, -0.25) is 9.05 Å². The number of hydrogen-bond acceptors (Lipinski definition) is 4. The lowest BCUT2D eigenvalue weighted by Crippen LogP contribution is -1.96. The van der Waals surface area contributed by atoms with Crippen LogP contribution in [-0.2, 0) is 18.1 Å². The molecule has 0 saturated heterocycles. The van der Waals surface area contributed by atoms with E-state index in [1.54, 1.807) is 18.2 Å². The Balaban J connectivity index is 3.09. The summed E-state index contributed by atoms with van der Waals surface area (Å²) in [6.45, 7) is 0. The van der Waals surface area contributed by atoms with Crippen molar-refractivity contribution in [1.29, 1.82) is 0 Å². The van der Waals surface area contributed by atoms with Crippen molar-refractivity contribution < 1.29 is 18.1 Å². The zero-order valence-electron chi connectivity index (χ0n) is 9.52. The standard InChI is InChI=1S/C10H10BrCl2O4P/c1-15-18(14,16-2)17-10(6-12)8-4-3-7(11)5-9(8)13/h3-6H,1-2H3/b10-6-. The van der Waals surface area contributed by atoms with E-state index in [0.717, 1.165) is 10.0 Å². The van der Waals surface area contributed by atoms with Crippen molar-refractivity contribution in [2.24, 2.45) is 0 Å². The summed E-state index contributed by atoms with van der Waals surface area (Å²) in [6, 6.07) is 5.07. The van der Waals surface area contributed by atoms with Gasteiger partial charge < -0.3 is 4.52 Å². The van der Waals surface area contributed by atoms with Crippen LogP contribution in [0.5, 0.6) is 0 Å². The summed E-state index contributed by atoms with van der Waals surface area (Å²) in [5, 5.41) is 0.384. The molecule has 1 aromatic rings. The average molecular weight is 376 g/mol. The predicted octanol–water partition coefficient (Wildman–Crippen LogP) is 5.06. The number of rotatable bonds is 5. The maximum absolute atomic E-state index is 11.9. The van der Waals surface area contributed by atoms with Crippen molar-refractivity contribution >= 4 is 52.7 Å². The summed E-state index contributed by atoms with van der Waals surface area (Å²) in [5.74, 6) is 0.0983. The first-order valence-electron chi connectivity index (χ1n) is 4.62. The monoisotopic (exact) mass is 374 g/mol. The molecular weight excluding hydrogens is 366 g/mol. The Morgan fingerprint density at radius 2 is 2.00 bits per heavy atom. The molecule has 0 radical (unpaired) electrons. The largest absolute Gasteiger partial charge is 0.529 e. The van der Waals surface area contributed by atoms with E-state index in [1.807, 2.05) is 0 Å². The Morgan fingerprint density at radius 1 is 1.39 bits per heavy atom. The van der Waals surface area contributed by atoms with Gasteiger partial charge in [0.1, 0.15) is 0 Å². The predicted molar refractivity (Wildman–Crippen MR) is 75.7 cm³/mol. The summed E-state index contributed by atoms with van der Waals surface area (Å²) in [4.78, 5) is 0. The van der Waals surface area contributed by atoms with Crippen LogP contribution in [0.3, 0.4) is 0 Å². The van der Waals surface area contributed by atoms with E-state index in [4.69, 9.17) is 27.7 Å². The number of hydrogen-bond donors (Lipinski definition) is 0. The second kappa shape index (κ2) is 6.94. The van der Waals surface area contributed by atoms with Crippen LogP contribution in [-0.4, -0.2) is 14.2 Å². The molecule has 18 heavy (non-hydrogen) atoms. The molecule has 1 aromatic carbocycles. The minimum atomic E-state index is -3.67. The third kappa shape index (κ3) is 3.98. The highest BCUT2D eigenvalue weighted by Gasteiger charge is 2.27. The van der Waals surface area contributed by atoms with E-state index in [-0.39, 0.29) is 5.76 Å². The minimum Gasteiger partial charge on any atom is -0.402 e. The normalized spacial score (nSPS) is 12.6. The van der Waals surface area contributed by atoms with Crippen molar-refractivity contribution in [3.05, 3.63) is 38.8 Å². The molecule has 100 valence electrons. The van der Waals surface area contributed by atoms with Gasteiger partial charge in [0.2, 0.25) is 0 Å². The molecule has 0 spiro atoms. The van der Waals surface area contributed by atoms with E-state index in [1.165, 1.54) is 14.2 Å². The first-order valence-corrected chi connectivity index (χ1v) is 7.69. The molecule has 0 bridgehead atoms. The zero-order valence-corrected chi connectivity index (χ0v) is 13.5. The molecule has 0 atom stereocenters. The van der Waals surface area contributed by atoms with E-state index < -0.39 is 7.82 Å². The van der Waals surface area contributed by atoms with Gasteiger partial charge in [0.05, 0.1) is 5.02 Å². The lowest BCUT2D eigenvalue weighted by molar-refractivity contribution is 0.201. The van der Waals surface area contributed by atoms with Crippen molar-refractivity contribution in [2.75, 3.05) is 14.2 Å². The van der Waals surface area contributed by atoms with Gasteiger partial charge in [-0.25, -0.2) is 4.57 Å². The van der Waals surface area contributed by atoms with E-state index in [2.05, 4.69) is 25.0 Å². The number of halogens is 3. The smallest absolute Gasteiger partial charge is 0.402 e. The molecular formula is C10H10BrCl2O4P. The molecule has 0 unspecified atom stereocenters. The van der Waals surface area contributed by atoms with Gasteiger partial charge in [-0.1, -0.05) is 39.1 Å². The van der Waals surface area contributed by atoms with Crippen LogP contribution < -0.4 is 0 Å². The summed E-state index contributed by atoms with van der Waals surface area (Å²) in [6.07, 6.45) is 0. The fourth-order valence-electron chi connectivity index (χ4n) is 1.09. The van der Waals surface area contributed by atoms with Crippen molar-refractivity contribution in [3.8, 4) is 0 Å². The van der Waals surface area contributed by atoms with E-state index in [9.17, 15) is 4.57 Å². The lowest BCUT2D eigenvalue weighted by Gasteiger charge is -2.17. The molecule has 0 fully saturated rings. The summed E-state index contributed by atoms with van der Waals surface area (Å²) < 4.78 is 27.1. The quantitative estimate of drug-likeness (QED) is 0.533. The van der Waals surface area contributed by atoms with E-state index in [0.29, 0.717) is 10.6 Å². The van der Waals surface area contributed by atoms with Crippen LogP contribution in [0.1, 0.15) is 5.56 Å². The van der Waals surface area contributed by atoms with Gasteiger partial charge in [-0.05, 0) is 18.2 Å². The van der Waals surface area contributed by atoms with Crippen molar-refractivity contribution in [3.63, 3.8) is 0 Å². The van der Waals surface area contributed by atoms with Gasteiger partial charge in [-0.15, -0.1) is 0 Å². The second-order valence-electron chi connectivity index (χ2n) is 3.00. The molecule has 4 nitrogen and oxygen atoms in total. The van der Waals surface area contributed by atoms with Gasteiger partial charge >= 0.3 is 7.82 Å². The van der Waals surface area contributed by atoms with Crippen LogP contribution in [0.25, 0.3) is 5.76 Å². The van der Waals surface area contributed by atoms with Crippen LogP contribution >= 0.6 is 47.0 Å². The Kier molecular flexibility index (Phi) is 6.18. The molecule has 0 aliphatic carbocycles. The Bertz CT molecular complexity index is 499. The van der Waals surface area contributed by atoms with Crippen molar-refractivity contribution in [1.82, 2.24) is 0 Å². The lowest BCUT2D eigenvalue weighted by atomic mass is 10.2. The molecule has 0 aromatic heterocycles. The van der Waals surface area contributed by atoms with Crippen LogP contribution in [0.15, 0.2) is 28.2 Å². The van der Waals surface area contributed by atoms with Gasteiger partial charge in [-0.2, -0.15) is 0 Å². The third-order valence-corrected chi connectivity index (χ3v) is 4.27. The summed E-state index contributed by atoms with van der Waals surface area (Å²) >= 11 is 15.0. The van der Waals surface area contributed by atoms with Crippen molar-refractivity contribution in [2.45, 2.75) is 0 Å². The minimum absolute atomic E-state index is 0.0983. The highest BCUT2D eigenvalue weighted by molar-refractivity contribution is 9.10. The highest BCUT2D eigenvalue weighted by Crippen LogP contribution is 2.52. The summed E-state index contributed by atoms with van der Waals surface area (Å²) in [7, 11) is -1.26. The average Bonchev–Trinajstić information content (AvgIpc) is 2.36. The van der Waals surface area contributed by atoms with Gasteiger partial charge in [0, 0.05) is 29.8 Å². The molecule has 0 aliphatic heterocycles. The zero-order chi connectivity index (χ0) is 13.8. The summed E-state index contributed by atoms with van der Waals surface area (Å²) in [5.41, 5.74) is 1.59. The van der Waals surface area contributed by atoms with Crippen LogP contribution in [0, 0.1) is 0 Å². The molecule has 0 saturated carbocycles. The van der Waals surface area contributed by atoms with Crippen LogP contribution in [0.2, 0.25) is 5.02 Å². The molecule has 0 amide bonds. The maximum Gasteiger partial charge on any atom is 0.529 e. The topological polar surface area (TPSA) is 44.8 Å². The fraction of sp³-hybridized carbons (Fsp3) is 0.200. The molecule has 1 rings (SSSR count). The first kappa shape index (κ1) is 16.0. The first-order chi connectivity index (χ1) is 8.45. The number of phosphoric ester groups is 1. The third-order valence-electron chi connectivity index (χ3n) is 1.95. The fourth-order valence-corrected chi connectivity index (χ4v) is 2.77. The second-order valence-corrected chi connectivity index (χ2v) is 6.35. The Hall–Kier alpha value is -0.0300. The van der Waals surface area contributed by atoms with Gasteiger partial charge in [0.15, 0.2) is 5.76 Å². The molecule has 0 heterocycles. The Morgan fingerprint density at radius 3 is 2.44 bits per heavy atom. The molecule has 0 aliphatic rings. The van der Waals surface area contributed by atoms with E-state index >= 15 is 0 Å². The number of phosphoric acid groups is 1. The molecule has 8 heteroatoms. The SMILES string of the molecule is COP(=O)(OC)O/C(=C\Cl)c1ccc(Br)cc1Cl. The maximum atomic E-state index is 11.9.